The lowest BCUT2D eigenvalue weighted by atomic mass is 10.3. The summed E-state index contributed by atoms with van der Waals surface area (Å²) in [6, 6.07) is 4.68. The number of nitrogens with two attached hydrogens (primary N) is 1. The second-order valence-corrected chi connectivity index (χ2v) is 3.89. The van der Waals surface area contributed by atoms with Crippen LogP contribution in [0, 0.1) is 5.82 Å². The van der Waals surface area contributed by atoms with Gasteiger partial charge in [0.15, 0.2) is 5.13 Å². The molecule has 1 aromatic heterocycles. The zero-order valence-electron chi connectivity index (χ0n) is 7.66. The number of halogens is 1. The Morgan fingerprint density at radius 1 is 1.60 bits per heavy atom. The number of para-hydroxylation sites is 1. The number of nitrogens with one attached hydrogen (secondary N) is 1. The quantitative estimate of drug-likeness (QED) is 0.810. The summed E-state index contributed by atoms with van der Waals surface area (Å²) in [7, 11) is 0. The Balaban J connectivity index is 2.39. The fraction of sp³-hybridized carbons (Fsp3) is 0.111. The Bertz CT molecular complexity index is 511. The Kier molecular flexibility index (Phi) is 2.61. The fourth-order valence-corrected chi connectivity index (χ4v) is 2.04. The summed E-state index contributed by atoms with van der Waals surface area (Å²) in [5, 5.41) is 2.85. The zero-order chi connectivity index (χ0) is 10.8. The number of carbonyl (C=O) groups excluding carboxylic acids is 1. The van der Waals surface area contributed by atoms with Crippen LogP contribution in [0.1, 0.15) is 0 Å². The van der Waals surface area contributed by atoms with Crippen molar-refractivity contribution in [2.45, 2.75) is 0 Å². The van der Waals surface area contributed by atoms with E-state index in [1.165, 1.54) is 17.4 Å². The first-order valence-electron chi connectivity index (χ1n) is 4.25. The van der Waals surface area contributed by atoms with Crippen LogP contribution in [0.5, 0.6) is 0 Å². The van der Waals surface area contributed by atoms with E-state index in [9.17, 15) is 9.18 Å². The van der Waals surface area contributed by atoms with Gasteiger partial charge in [-0.15, -0.1) is 0 Å². The lowest BCUT2D eigenvalue weighted by molar-refractivity contribution is -0.114. The van der Waals surface area contributed by atoms with Crippen molar-refractivity contribution < 1.29 is 9.18 Å². The number of anilines is 1. The van der Waals surface area contributed by atoms with Crippen LogP contribution in [0.2, 0.25) is 0 Å². The van der Waals surface area contributed by atoms with Crippen molar-refractivity contribution >= 4 is 32.6 Å². The second kappa shape index (κ2) is 3.92. The van der Waals surface area contributed by atoms with E-state index in [0.29, 0.717) is 9.83 Å². The maximum absolute atomic E-state index is 13.2. The van der Waals surface area contributed by atoms with Crippen molar-refractivity contribution in [1.29, 1.82) is 0 Å². The molecule has 1 amide bonds. The molecule has 0 aliphatic rings. The van der Waals surface area contributed by atoms with Gasteiger partial charge in [0, 0.05) is 0 Å². The van der Waals surface area contributed by atoms with E-state index in [2.05, 4.69) is 10.3 Å². The molecule has 0 saturated heterocycles. The van der Waals surface area contributed by atoms with Crippen molar-refractivity contribution in [2.75, 3.05) is 11.9 Å². The van der Waals surface area contributed by atoms with Gasteiger partial charge in [0.05, 0.1) is 11.2 Å². The smallest absolute Gasteiger partial charge is 0.239 e. The Morgan fingerprint density at radius 2 is 2.40 bits per heavy atom. The fourth-order valence-electron chi connectivity index (χ4n) is 1.14. The monoisotopic (exact) mass is 225 g/mol. The molecule has 78 valence electrons. The van der Waals surface area contributed by atoms with E-state index in [4.69, 9.17) is 5.73 Å². The van der Waals surface area contributed by atoms with Crippen LogP contribution < -0.4 is 11.1 Å². The number of hydrogen-bond donors (Lipinski definition) is 2. The molecule has 0 bridgehead atoms. The Hall–Kier alpha value is -1.53. The minimum absolute atomic E-state index is 0.113. The van der Waals surface area contributed by atoms with Gasteiger partial charge in [-0.2, -0.15) is 0 Å². The van der Waals surface area contributed by atoms with Gasteiger partial charge in [-0.05, 0) is 12.1 Å². The van der Waals surface area contributed by atoms with Gasteiger partial charge < -0.3 is 11.1 Å². The molecule has 0 fully saturated rings. The number of hydrogen-bond acceptors (Lipinski definition) is 4. The van der Waals surface area contributed by atoms with Crippen LogP contribution in [-0.4, -0.2) is 17.4 Å². The molecule has 1 heterocycles. The van der Waals surface area contributed by atoms with Crippen LogP contribution in [0.15, 0.2) is 18.2 Å². The molecule has 3 N–H and O–H groups in total. The molecule has 1 aromatic carbocycles. The number of rotatable bonds is 2. The third-order valence-corrected chi connectivity index (χ3v) is 2.74. The maximum atomic E-state index is 13.2. The number of aromatic nitrogens is 1. The van der Waals surface area contributed by atoms with Crippen molar-refractivity contribution in [1.82, 2.24) is 4.98 Å². The Morgan fingerprint density at radius 3 is 3.07 bits per heavy atom. The first-order chi connectivity index (χ1) is 7.20. The van der Waals surface area contributed by atoms with Gasteiger partial charge in [-0.25, -0.2) is 9.37 Å². The summed E-state index contributed by atoms with van der Waals surface area (Å²) in [6.07, 6.45) is 0. The van der Waals surface area contributed by atoms with E-state index >= 15 is 0 Å². The molecule has 0 aliphatic carbocycles. The van der Waals surface area contributed by atoms with Crippen LogP contribution in [-0.2, 0) is 4.79 Å². The highest BCUT2D eigenvalue weighted by atomic mass is 32.1. The van der Waals surface area contributed by atoms with E-state index < -0.39 is 5.82 Å². The average Bonchev–Trinajstić information content (AvgIpc) is 2.62. The van der Waals surface area contributed by atoms with E-state index in [0.717, 1.165) is 0 Å². The molecule has 2 aromatic rings. The highest BCUT2D eigenvalue weighted by Gasteiger charge is 2.09. The van der Waals surface area contributed by atoms with Crippen LogP contribution in [0.25, 0.3) is 10.2 Å². The molecule has 6 heteroatoms. The number of fused-ring (bicyclic) bond motifs is 1. The molecule has 0 unspecified atom stereocenters. The van der Waals surface area contributed by atoms with E-state index in [1.54, 1.807) is 12.1 Å². The summed E-state index contributed by atoms with van der Waals surface area (Å²) in [6.45, 7) is -0.113. The third kappa shape index (κ3) is 1.95. The standard InChI is InChI=1S/C9H8FN3OS/c10-5-2-1-3-6-8(5)13-9(15-6)12-7(14)4-11/h1-3H,4,11H2,(H,12,13,14). The van der Waals surface area contributed by atoms with Crippen molar-refractivity contribution in [3.8, 4) is 0 Å². The highest BCUT2D eigenvalue weighted by molar-refractivity contribution is 7.22. The number of nitrogens with zero attached hydrogens (tertiary/aromatic N) is 1. The number of carbonyl (C=O) groups is 1. The minimum atomic E-state index is -0.392. The Labute approximate surface area is 88.9 Å². The molecule has 15 heavy (non-hydrogen) atoms. The average molecular weight is 225 g/mol. The topological polar surface area (TPSA) is 68.0 Å². The predicted molar refractivity (Wildman–Crippen MR) is 57.3 cm³/mol. The summed E-state index contributed by atoms with van der Waals surface area (Å²) < 4.78 is 13.9. The molecular formula is C9H8FN3OS. The molecule has 0 atom stereocenters. The van der Waals surface area contributed by atoms with Crippen molar-refractivity contribution in [3.63, 3.8) is 0 Å². The zero-order valence-corrected chi connectivity index (χ0v) is 8.47. The van der Waals surface area contributed by atoms with Gasteiger partial charge in [-0.3, -0.25) is 4.79 Å². The molecule has 0 saturated carbocycles. The SMILES string of the molecule is NCC(=O)Nc1nc2c(F)cccc2s1. The molecule has 2 rings (SSSR count). The van der Waals surface area contributed by atoms with Crippen molar-refractivity contribution in [2.24, 2.45) is 5.73 Å². The third-order valence-electron chi connectivity index (χ3n) is 1.80. The van der Waals surface area contributed by atoms with Gasteiger partial charge in [0.1, 0.15) is 11.3 Å². The van der Waals surface area contributed by atoms with Crippen LogP contribution >= 0.6 is 11.3 Å². The molecule has 0 radical (unpaired) electrons. The van der Waals surface area contributed by atoms with Gasteiger partial charge in [0.2, 0.25) is 5.91 Å². The first kappa shape index (κ1) is 10.0. The number of benzene rings is 1. The largest absolute Gasteiger partial charge is 0.322 e. The van der Waals surface area contributed by atoms with Gasteiger partial charge in [-0.1, -0.05) is 17.4 Å². The first-order valence-corrected chi connectivity index (χ1v) is 5.07. The molecular weight excluding hydrogens is 217 g/mol. The minimum Gasteiger partial charge on any atom is -0.322 e. The van der Waals surface area contributed by atoms with Crippen LogP contribution in [0.3, 0.4) is 0 Å². The highest BCUT2D eigenvalue weighted by Crippen LogP contribution is 2.27. The summed E-state index contributed by atoms with van der Waals surface area (Å²) in [4.78, 5) is 14.9. The van der Waals surface area contributed by atoms with Gasteiger partial charge >= 0.3 is 0 Å². The van der Waals surface area contributed by atoms with E-state index in [1.807, 2.05) is 0 Å². The van der Waals surface area contributed by atoms with Crippen LogP contribution in [0.4, 0.5) is 9.52 Å². The summed E-state index contributed by atoms with van der Waals surface area (Å²) in [5.41, 5.74) is 5.41. The number of amides is 1. The summed E-state index contributed by atoms with van der Waals surface area (Å²) >= 11 is 1.22. The predicted octanol–water partition coefficient (Wildman–Crippen LogP) is 1.33. The summed E-state index contributed by atoms with van der Waals surface area (Å²) in [5.74, 6) is -0.730. The van der Waals surface area contributed by atoms with Gasteiger partial charge in [0.25, 0.3) is 0 Å². The lowest BCUT2D eigenvalue weighted by Crippen LogP contribution is -2.21. The molecule has 4 nitrogen and oxygen atoms in total. The number of thiazole rings is 1. The lowest BCUT2D eigenvalue weighted by Gasteiger charge is -1.95. The maximum Gasteiger partial charge on any atom is 0.239 e. The van der Waals surface area contributed by atoms with Crippen molar-refractivity contribution in [3.05, 3.63) is 24.0 Å². The van der Waals surface area contributed by atoms with E-state index in [-0.39, 0.29) is 18.0 Å². The molecule has 0 aliphatic heterocycles. The normalized spacial score (nSPS) is 10.5. The molecule has 0 spiro atoms. The second-order valence-electron chi connectivity index (χ2n) is 2.86.